The zero-order valence-electron chi connectivity index (χ0n) is 17.0. The second-order valence-corrected chi connectivity index (χ2v) is 8.00. The van der Waals surface area contributed by atoms with Gasteiger partial charge in [-0.1, -0.05) is 13.0 Å². The normalized spacial score (nSPS) is 19.4. The van der Waals surface area contributed by atoms with Crippen LogP contribution in [0.4, 0.5) is 8.78 Å². The predicted octanol–water partition coefficient (Wildman–Crippen LogP) is 3.75. The summed E-state index contributed by atoms with van der Waals surface area (Å²) in [5, 5.41) is 0. The van der Waals surface area contributed by atoms with E-state index < -0.39 is 11.6 Å². The third-order valence-corrected chi connectivity index (χ3v) is 5.95. The number of benzene rings is 1. The van der Waals surface area contributed by atoms with Crippen LogP contribution in [-0.2, 0) is 22.7 Å². The van der Waals surface area contributed by atoms with Gasteiger partial charge in [-0.25, -0.2) is 23.1 Å². The van der Waals surface area contributed by atoms with Crippen LogP contribution >= 0.6 is 0 Å². The first-order valence-electron chi connectivity index (χ1n) is 10.3. The molecule has 31 heavy (non-hydrogen) atoms. The van der Waals surface area contributed by atoms with Crippen molar-refractivity contribution < 1.29 is 18.3 Å². The average Bonchev–Trinajstić information content (AvgIpc) is 3.44. The Morgan fingerprint density at radius 3 is 2.84 bits per heavy atom. The fourth-order valence-electron chi connectivity index (χ4n) is 4.08. The third-order valence-electron chi connectivity index (χ3n) is 5.95. The van der Waals surface area contributed by atoms with Gasteiger partial charge < -0.3 is 9.47 Å². The molecule has 0 saturated carbocycles. The maximum absolute atomic E-state index is 14.6. The SMILES string of the molecule is CC(/C=C/c1cc2nc3c(c(=O)n2c(-c2ccc(F)cc2F)n1)COC3)C1CCOC1. The Morgan fingerprint density at radius 2 is 2.06 bits per heavy atom. The van der Waals surface area contributed by atoms with Crippen LogP contribution in [0.1, 0.15) is 30.3 Å². The summed E-state index contributed by atoms with van der Waals surface area (Å²) in [7, 11) is 0. The minimum Gasteiger partial charge on any atom is -0.381 e. The highest BCUT2D eigenvalue weighted by Crippen LogP contribution is 2.26. The van der Waals surface area contributed by atoms with Crippen molar-refractivity contribution in [3.63, 3.8) is 0 Å². The number of allylic oxidation sites excluding steroid dienone is 1. The summed E-state index contributed by atoms with van der Waals surface area (Å²) in [6, 6.07) is 4.90. The third kappa shape index (κ3) is 3.66. The molecule has 5 rings (SSSR count). The van der Waals surface area contributed by atoms with Crippen LogP contribution in [0.3, 0.4) is 0 Å². The number of hydrogen-bond acceptors (Lipinski definition) is 5. The Kier molecular flexibility index (Phi) is 5.11. The summed E-state index contributed by atoms with van der Waals surface area (Å²) in [6.45, 7) is 4.02. The number of hydrogen-bond donors (Lipinski definition) is 0. The number of fused-ring (bicyclic) bond motifs is 2. The molecular formula is C23H21F2N3O3. The Morgan fingerprint density at radius 1 is 1.19 bits per heavy atom. The van der Waals surface area contributed by atoms with Gasteiger partial charge in [0, 0.05) is 18.7 Å². The maximum Gasteiger partial charge on any atom is 0.265 e. The monoisotopic (exact) mass is 425 g/mol. The molecule has 0 spiro atoms. The fraction of sp³-hybridized carbons (Fsp3) is 0.348. The maximum atomic E-state index is 14.6. The van der Waals surface area contributed by atoms with E-state index in [1.165, 1.54) is 10.5 Å². The van der Waals surface area contributed by atoms with Gasteiger partial charge in [-0.15, -0.1) is 0 Å². The van der Waals surface area contributed by atoms with E-state index in [-0.39, 0.29) is 36.1 Å². The molecule has 0 radical (unpaired) electrons. The Labute approximate surface area is 177 Å². The van der Waals surface area contributed by atoms with Crippen molar-refractivity contribution in [1.82, 2.24) is 14.4 Å². The van der Waals surface area contributed by atoms with Gasteiger partial charge in [0.05, 0.1) is 42.3 Å². The highest BCUT2D eigenvalue weighted by atomic mass is 19.1. The summed E-state index contributed by atoms with van der Waals surface area (Å²) in [5.41, 5.74) is 1.57. The van der Waals surface area contributed by atoms with Crippen LogP contribution in [0, 0.1) is 23.5 Å². The zero-order valence-corrected chi connectivity index (χ0v) is 17.0. The summed E-state index contributed by atoms with van der Waals surface area (Å²) in [5.74, 6) is -0.704. The molecule has 6 nitrogen and oxygen atoms in total. The van der Waals surface area contributed by atoms with Crippen LogP contribution in [-0.4, -0.2) is 27.6 Å². The minimum atomic E-state index is -0.796. The summed E-state index contributed by atoms with van der Waals surface area (Å²) in [6.07, 6.45) is 4.90. The molecule has 1 aromatic carbocycles. The van der Waals surface area contributed by atoms with Gasteiger partial charge >= 0.3 is 0 Å². The molecule has 8 heteroatoms. The Balaban J connectivity index is 1.68. The molecule has 1 fully saturated rings. The summed E-state index contributed by atoms with van der Waals surface area (Å²) >= 11 is 0. The van der Waals surface area contributed by atoms with E-state index in [2.05, 4.69) is 16.9 Å². The van der Waals surface area contributed by atoms with Crippen molar-refractivity contribution in [3.8, 4) is 11.4 Å². The summed E-state index contributed by atoms with van der Waals surface area (Å²) < 4.78 is 40.2. The zero-order chi connectivity index (χ0) is 21.5. The molecule has 2 aliphatic rings. The smallest absolute Gasteiger partial charge is 0.265 e. The highest BCUT2D eigenvalue weighted by Gasteiger charge is 2.23. The predicted molar refractivity (Wildman–Crippen MR) is 110 cm³/mol. The lowest BCUT2D eigenvalue weighted by Crippen LogP contribution is -2.23. The first-order valence-corrected chi connectivity index (χ1v) is 10.3. The standard InChI is InChI=1S/C23H21F2N3O3/c1-13(14-6-7-30-10-14)2-4-16-9-21-27-20-12-31-11-18(20)23(29)28(21)22(26-16)17-5-3-15(24)8-19(17)25/h2-5,8-9,13-14H,6-7,10-12H2,1H3/b4-2+. The van der Waals surface area contributed by atoms with Crippen molar-refractivity contribution >= 4 is 11.7 Å². The van der Waals surface area contributed by atoms with Crippen LogP contribution < -0.4 is 5.56 Å². The molecule has 2 unspecified atom stereocenters. The van der Waals surface area contributed by atoms with E-state index in [0.717, 1.165) is 31.8 Å². The van der Waals surface area contributed by atoms with Gasteiger partial charge in [-0.2, -0.15) is 0 Å². The van der Waals surface area contributed by atoms with Crippen LogP contribution in [0.5, 0.6) is 0 Å². The lowest BCUT2D eigenvalue weighted by atomic mass is 9.93. The molecule has 0 N–H and O–H groups in total. The Hall–Kier alpha value is -2.97. The number of halogens is 2. The number of rotatable bonds is 4. The molecule has 0 bridgehead atoms. The number of ether oxygens (including phenoxy) is 2. The van der Waals surface area contributed by atoms with Crippen LogP contribution in [0.25, 0.3) is 23.1 Å². The van der Waals surface area contributed by atoms with E-state index in [1.807, 2.05) is 12.2 Å². The van der Waals surface area contributed by atoms with E-state index in [0.29, 0.717) is 28.5 Å². The van der Waals surface area contributed by atoms with Crippen LogP contribution in [0.15, 0.2) is 35.1 Å². The molecule has 3 aromatic rings. The Bertz CT molecular complexity index is 1250. The summed E-state index contributed by atoms with van der Waals surface area (Å²) in [4.78, 5) is 22.2. The molecule has 2 aromatic heterocycles. The van der Waals surface area contributed by atoms with Gasteiger partial charge in [-0.3, -0.25) is 4.79 Å². The first kappa shape index (κ1) is 20.0. The molecule has 4 heterocycles. The van der Waals surface area contributed by atoms with Gasteiger partial charge in [0.25, 0.3) is 5.56 Å². The quantitative estimate of drug-likeness (QED) is 0.637. The first-order chi connectivity index (χ1) is 15.0. The van der Waals surface area contributed by atoms with Crippen molar-refractivity contribution in [3.05, 3.63) is 69.3 Å². The van der Waals surface area contributed by atoms with Gasteiger partial charge in [-0.05, 0) is 36.5 Å². The van der Waals surface area contributed by atoms with Gasteiger partial charge in [0.15, 0.2) is 5.82 Å². The largest absolute Gasteiger partial charge is 0.381 e. The molecule has 1 saturated heterocycles. The second-order valence-electron chi connectivity index (χ2n) is 8.00. The van der Waals surface area contributed by atoms with Gasteiger partial charge in [0.1, 0.15) is 17.3 Å². The molecule has 0 amide bonds. The lowest BCUT2D eigenvalue weighted by molar-refractivity contribution is 0.133. The van der Waals surface area contributed by atoms with Gasteiger partial charge in [0.2, 0.25) is 0 Å². The van der Waals surface area contributed by atoms with Crippen molar-refractivity contribution in [2.24, 2.45) is 11.8 Å². The molecule has 2 atom stereocenters. The van der Waals surface area contributed by atoms with E-state index in [4.69, 9.17) is 9.47 Å². The topological polar surface area (TPSA) is 65.7 Å². The fourth-order valence-corrected chi connectivity index (χ4v) is 4.08. The number of aromatic nitrogens is 3. The molecule has 160 valence electrons. The van der Waals surface area contributed by atoms with Crippen molar-refractivity contribution in [2.75, 3.05) is 13.2 Å². The lowest BCUT2D eigenvalue weighted by Gasteiger charge is -2.14. The van der Waals surface area contributed by atoms with Crippen molar-refractivity contribution in [1.29, 1.82) is 0 Å². The second kappa shape index (κ2) is 7.94. The molecule has 2 aliphatic heterocycles. The van der Waals surface area contributed by atoms with E-state index in [9.17, 15) is 13.6 Å². The molecular weight excluding hydrogens is 404 g/mol. The van der Waals surface area contributed by atoms with Crippen LogP contribution in [0.2, 0.25) is 0 Å². The minimum absolute atomic E-state index is 0.0293. The average molecular weight is 425 g/mol. The van der Waals surface area contributed by atoms with E-state index in [1.54, 1.807) is 6.07 Å². The number of nitrogens with zero attached hydrogens (tertiary/aromatic N) is 3. The van der Waals surface area contributed by atoms with Crippen molar-refractivity contribution in [2.45, 2.75) is 26.6 Å². The van der Waals surface area contributed by atoms with E-state index >= 15 is 0 Å². The molecule has 0 aliphatic carbocycles. The highest BCUT2D eigenvalue weighted by molar-refractivity contribution is 5.64.